The first kappa shape index (κ1) is 31.3. The summed E-state index contributed by atoms with van der Waals surface area (Å²) in [5.41, 5.74) is 7.00. The number of esters is 2. The van der Waals surface area contributed by atoms with E-state index in [1.54, 1.807) is 0 Å². The van der Waals surface area contributed by atoms with E-state index in [1.807, 2.05) is 36.5 Å². The second kappa shape index (κ2) is 15.6. The number of hydrogen-bond acceptors (Lipinski definition) is 9. The Kier molecular flexibility index (Phi) is 11.9. The lowest BCUT2D eigenvalue weighted by atomic mass is 10.0. The minimum atomic E-state index is -0.0948. The molecule has 0 fully saturated rings. The monoisotopic (exact) mass is 612 g/mol. The summed E-state index contributed by atoms with van der Waals surface area (Å²) in [5, 5.41) is 0. The van der Waals surface area contributed by atoms with Crippen LogP contribution in [-0.4, -0.2) is 33.9 Å². The molecular weight excluding hydrogens is 573 g/mol. The third-order valence-corrected chi connectivity index (χ3v) is 10.0. The number of carbonyl (C=O) groups excluding carboxylic acids is 2. The second-order valence-corrected chi connectivity index (χ2v) is 13.3. The maximum Gasteiger partial charge on any atom is 0.305 e. The van der Waals surface area contributed by atoms with Crippen LogP contribution in [0.25, 0.3) is 31.9 Å². The van der Waals surface area contributed by atoms with E-state index in [-0.39, 0.29) is 11.9 Å². The van der Waals surface area contributed by atoms with Crippen molar-refractivity contribution in [1.29, 1.82) is 0 Å². The molecule has 41 heavy (non-hydrogen) atoms. The number of ether oxygens (including phenoxy) is 2. The van der Waals surface area contributed by atoms with E-state index in [1.165, 1.54) is 42.4 Å². The summed E-state index contributed by atoms with van der Waals surface area (Å²) in [5.74, 6) is -0.190. The summed E-state index contributed by atoms with van der Waals surface area (Å²) in [7, 11) is 0. The van der Waals surface area contributed by atoms with Crippen LogP contribution in [0.15, 0.2) is 24.3 Å². The molecule has 3 heterocycles. The van der Waals surface area contributed by atoms with Crippen LogP contribution in [-0.2, 0) is 31.9 Å². The maximum atomic E-state index is 11.6. The maximum absolute atomic E-state index is 11.6. The topological polar surface area (TPSA) is 78.4 Å². The summed E-state index contributed by atoms with van der Waals surface area (Å²) in [6.45, 7) is 8.98. The van der Waals surface area contributed by atoms with Crippen LogP contribution in [0, 0.1) is 13.8 Å². The molecule has 0 aliphatic carbocycles. The van der Waals surface area contributed by atoms with E-state index < -0.39 is 0 Å². The van der Waals surface area contributed by atoms with E-state index in [0.29, 0.717) is 26.1 Å². The standard InChI is InChI=1S/C32H40N2O4S3/c1-5-37-29(35)15-11-7-9-13-23-19-27(39-21(23)3)25-17-18-26(32-31(25)33-41-34-32)28-20-24(22(4)40-28)14-10-8-12-16-30(36)38-6-2/h17-20H,5-16H2,1-4H3. The SMILES string of the molecule is CCOC(=O)CCCCCc1cc(-c2ccc(-c3cc(CCCCCC(=O)OCC)c(C)s3)c3nsnc23)sc1C. The Morgan fingerprint density at radius 3 is 1.54 bits per heavy atom. The van der Waals surface area contributed by atoms with Crippen LogP contribution in [0.1, 0.15) is 86.1 Å². The lowest BCUT2D eigenvalue weighted by molar-refractivity contribution is -0.144. The number of aryl methyl sites for hydroxylation is 4. The van der Waals surface area contributed by atoms with Crippen molar-refractivity contribution in [3.05, 3.63) is 45.1 Å². The van der Waals surface area contributed by atoms with Crippen molar-refractivity contribution < 1.29 is 19.1 Å². The van der Waals surface area contributed by atoms with Gasteiger partial charge < -0.3 is 9.47 Å². The molecule has 4 aromatic rings. The van der Waals surface area contributed by atoms with Gasteiger partial charge in [-0.1, -0.05) is 25.0 Å². The third kappa shape index (κ3) is 8.46. The molecule has 0 aliphatic heterocycles. The van der Waals surface area contributed by atoms with E-state index in [0.717, 1.165) is 73.5 Å². The number of hydrogen-bond donors (Lipinski definition) is 0. The number of nitrogens with zero attached hydrogens (tertiary/aromatic N) is 2. The molecule has 0 aliphatic rings. The van der Waals surface area contributed by atoms with E-state index in [9.17, 15) is 9.59 Å². The zero-order valence-electron chi connectivity index (χ0n) is 24.5. The van der Waals surface area contributed by atoms with Gasteiger partial charge in [-0.15, -0.1) is 22.7 Å². The average Bonchev–Trinajstić information content (AvgIpc) is 3.67. The van der Waals surface area contributed by atoms with Gasteiger partial charge in [-0.25, -0.2) is 0 Å². The summed E-state index contributed by atoms with van der Waals surface area (Å²) < 4.78 is 19.5. The molecule has 6 nitrogen and oxygen atoms in total. The number of benzene rings is 1. The second-order valence-electron chi connectivity index (χ2n) is 10.2. The Balaban J connectivity index is 1.40. The Morgan fingerprint density at radius 1 is 0.683 bits per heavy atom. The van der Waals surface area contributed by atoms with E-state index in [4.69, 9.17) is 18.2 Å². The van der Waals surface area contributed by atoms with E-state index >= 15 is 0 Å². The van der Waals surface area contributed by atoms with Crippen LogP contribution >= 0.6 is 34.4 Å². The number of aromatic nitrogens is 2. The van der Waals surface area contributed by atoms with Crippen molar-refractivity contribution in [2.24, 2.45) is 0 Å². The van der Waals surface area contributed by atoms with Gasteiger partial charge in [0.15, 0.2) is 0 Å². The Labute approximate surface area is 255 Å². The van der Waals surface area contributed by atoms with Gasteiger partial charge in [0.2, 0.25) is 0 Å². The van der Waals surface area contributed by atoms with Crippen LogP contribution < -0.4 is 0 Å². The predicted molar refractivity (Wildman–Crippen MR) is 171 cm³/mol. The lowest BCUT2D eigenvalue weighted by Gasteiger charge is -2.04. The molecule has 0 radical (unpaired) electrons. The van der Waals surface area contributed by atoms with E-state index in [2.05, 4.69) is 38.1 Å². The van der Waals surface area contributed by atoms with Crippen LogP contribution in [0.5, 0.6) is 0 Å². The fourth-order valence-corrected chi connectivity index (χ4v) is 7.82. The highest BCUT2D eigenvalue weighted by Gasteiger charge is 2.18. The fraction of sp³-hybridized carbons (Fsp3) is 0.500. The number of carbonyl (C=O) groups is 2. The zero-order chi connectivity index (χ0) is 29.2. The molecule has 0 amide bonds. The highest BCUT2D eigenvalue weighted by molar-refractivity contribution is 7.16. The fourth-order valence-electron chi connectivity index (χ4n) is 5.06. The number of fused-ring (bicyclic) bond motifs is 1. The molecule has 0 saturated carbocycles. The van der Waals surface area contributed by atoms with Crippen molar-refractivity contribution in [2.75, 3.05) is 13.2 Å². The lowest BCUT2D eigenvalue weighted by Crippen LogP contribution is -2.03. The minimum absolute atomic E-state index is 0.0948. The zero-order valence-corrected chi connectivity index (χ0v) is 27.0. The van der Waals surface area contributed by atoms with Gasteiger partial charge in [-0.05, 0) is 89.5 Å². The molecule has 0 spiro atoms. The van der Waals surface area contributed by atoms with Gasteiger partial charge in [0.1, 0.15) is 11.0 Å². The molecule has 1 aromatic carbocycles. The molecule has 3 aromatic heterocycles. The highest BCUT2D eigenvalue weighted by Crippen LogP contribution is 2.41. The van der Waals surface area contributed by atoms with Crippen LogP contribution in [0.4, 0.5) is 0 Å². The quantitative estimate of drug-likeness (QED) is 0.0928. The Bertz CT molecular complexity index is 1350. The van der Waals surface area contributed by atoms with Crippen LogP contribution in [0.2, 0.25) is 0 Å². The van der Waals surface area contributed by atoms with Crippen molar-refractivity contribution in [3.8, 4) is 20.9 Å². The summed E-state index contributed by atoms with van der Waals surface area (Å²) in [6, 6.07) is 9.04. The number of unbranched alkanes of at least 4 members (excludes halogenated alkanes) is 4. The first-order valence-corrected chi connectivity index (χ1v) is 17.0. The van der Waals surface area contributed by atoms with Crippen molar-refractivity contribution in [2.45, 2.75) is 91.9 Å². The van der Waals surface area contributed by atoms with Gasteiger partial charge in [-0.3, -0.25) is 9.59 Å². The van der Waals surface area contributed by atoms with Crippen molar-refractivity contribution >= 4 is 57.4 Å². The molecule has 0 atom stereocenters. The summed E-state index contributed by atoms with van der Waals surface area (Å²) >= 11 is 4.92. The van der Waals surface area contributed by atoms with Gasteiger partial charge in [0, 0.05) is 43.5 Å². The van der Waals surface area contributed by atoms with Gasteiger partial charge in [0.25, 0.3) is 0 Å². The molecule has 0 bridgehead atoms. The molecule has 0 N–H and O–H groups in total. The van der Waals surface area contributed by atoms with Gasteiger partial charge in [0.05, 0.1) is 24.9 Å². The first-order chi connectivity index (χ1) is 19.9. The number of rotatable bonds is 16. The molecule has 4 rings (SSSR count). The van der Waals surface area contributed by atoms with Crippen LogP contribution in [0.3, 0.4) is 0 Å². The largest absolute Gasteiger partial charge is 0.466 e. The van der Waals surface area contributed by atoms with Crippen molar-refractivity contribution in [1.82, 2.24) is 8.75 Å². The smallest absolute Gasteiger partial charge is 0.305 e. The average molecular weight is 613 g/mol. The summed E-state index contributed by atoms with van der Waals surface area (Å²) in [4.78, 5) is 28.3. The molecule has 220 valence electrons. The Hall–Kier alpha value is -2.62. The molecule has 0 unspecified atom stereocenters. The molecule has 0 saturated heterocycles. The minimum Gasteiger partial charge on any atom is -0.466 e. The van der Waals surface area contributed by atoms with Gasteiger partial charge in [-0.2, -0.15) is 8.75 Å². The normalized spacial score (nSPS) is 11.3. The molecule has 9 heteroatoms. The highest BCUT2D eigenvalue weighted by atomic mass is 32.1. The predicted octanol–water partition coefficient (Wildman–Crippen LogP) is 9.10. The van der Waals surface area contributed by atoms with Crippen molar-refractivity contribution in [3.63, 3.8) is 0 Å². The first-order valence-electron chi connectivity index (χ1n) is 14.7. The molecular formula is C32H40N2O4S3. The summed E-state index contributed by atoms with van der Waals surface area (Å²) in [6.07, 6.45) is 8.97. The Morgan fingerprint density at radius 2 is 1.12 bits per heavy atom. The number of thiophene rings is 2. The van der Waals surface area contributed by atoms with Gasteiger partial charge >= 0.3 is 11.9 Å². The third-order valence-electron chi connectivity index (χ3n) is 7.25.